The van der Waals surface area contributed by atoms with Gasteiger partial charge in [0.15, 0.2) is 10.1 Å². The third kappa shape index (κ3) is 4.36. The second-order valence-electron chi connectivity index (χ2n) is 6.64. The normalized spacial score (nSPS) is 10.9. The van der Waals surface area contributed by atoms with Gasteiger partial charge >= 0.3 is 0 Å². The fraction of sp³-hybridized carbons (Fsp3) is 0.286. The van der Waals surface area contributed by atoms with Gasteiger partial charge in [-0.25, -0.2) is 0 Å². The Bertz CT molecular complexity index is 1020. The predicted octanol–water partition coefficient (Wildman–Crippen LogP) is 5.48. The molecule has 3 aromatic rings. The van der Waals surface area contributed by atoms with E-state index in [0.29, 0.717) is 12.3 Å². The minimum atomic E-state index is 0.104. The minimum Gasteiger partial charge on any atom is -0.345 e. The van der Waals surface area contributed by atoms with Crippen molar-refractivity contribution in [1.29, 1.82) is 0 Å². The lowest BCUT2D eigenvalue weighted by atomic mass is 10.1. The van der Waals surface area contributed by atoms with Gasteiger partial charge in [0.2, 0.25) is 5.13 Å². The van der Waals surface area contributed by atoms with E-state index in [2.05, 4.69) is 46.6 Å². The van der Waals surface area contributed by atoms with Crippen molar-refractivity contribution in [3.05, 3.63) is 65.0 Å². The van der Waals surface area contributed by atoms with Crippen molar-refractivity contribution in [3.8, 4) is 0 Å². The number of nitrogens with zero attached hydrogens (tertiary/aromatic N) is 3. The van der Waals surface area contributed by atoms with Gasteiger partial charge in [-0.2, -0.15) is 0 Å². The fourth-order valence-corrected chi connectivity index (χ4v) is 4.67. The van der Waals surface area contributed by atoms with Crippen LogP contribution >= 0.6 is 23.1 Å². The van der Waals surface area contributed by atoms with Crippen molar-refractivity contribution in [3.63, 3.8) is 0 Å². The molecule has 1 N–H and O–H groups in total. The summed E-state index contributed by atoms with van der Waals surface area (Å²) in [5, 5.41) is 12.5. The van der Waals surface area contributed by atoms with Crippen LogP contribution in [0.4, 0.5) is 10.8 Å². The molecule has 0 amide bonds. The number of allylic oxidation sites excluding steroid dienone is 1. The van der Waals surface area contributed by atoms with Crippen molar-refractivity contribution < 1.29 is 4.79 Å². The van der Waals surface area contributed by atoms with Gasteiger partial charge in [0.25, 0.3) is 0 Å². The third-order valence-electron chi connectivity index (χ3n) is 4.77. The van der Waals surface area contributed by atoms with E-state index in [1.54, 1.807) is 0 Å². The number of ketones is 1. The maximum atomic E-state index is 12.7. The number of thioether (sulfide) groups is 1. The number of Topliss-reactive ketones (excluding diaryl/α,β-unsaturated/α-hetero) is 1. The number of aromatic nitrogens is 3. The molecule has 2 aromatic heterocycles. The van der Waals surface area contributed by atoms with E-state index in [9.17, 15) is 4.79 Å². The Morgan fingerprint density at radius 1 is 1.29 bits per heavy atom. The first kappa shape index (κ1) is 20.4. The van der Waals surface area contributed by atoms with Crippen LogP contribution in [0.1, 0.15) is 32.9 Å². The monoisotopic (exact) mass is 412 g/mol. The van der Waals surface area contributed by atoms with Gasteiger partial charge in [0, 0.05) is 29.2 Å². The summed E-state index contributed by atoms with van der Waals surface area (Å²) in [4.78, 5) is 12.7. The van der Waals surface area contributed by atoms with Crippen LogP contribution in [0.25, 0.3) is 0 Å². The SMILES string of the molecule is C=CCn1c(C)cc(C(=O)CSc2nnc(Nc3cccc(C)c3C)s2)c1C. The van der Waals surface area contributed by atoms with Crippen LogP contribution in [-0.4, -0.2) is 26.3 Å². The van der Waals surface area contributed by atoms with Crippen LogP contribution in [0.3, 0.4) is 0 Å². The zero-order valence-corrected chi connectivity index (χ0v) is 18.2. The zero-order chi connectivity index (χ0) is 20.3. The molecule has 7 heteroatoms. The molecule has 3 rings (SSSR count). The van der Waals surface area contributed by atoms with Crippen molar-refractivity contribution in [2.24, 2.45) is 0 Å². The van der Waals surface area contributed by atoms with Crippen LogP contribution in [-0.2, 0) is 6.54 Å². The molecule has 0 spiro atoms. The van der Waals surface area contributed by atoms with Gasteiger partial charge in [-0.15, -0.1) is 16.8 Å². The van der Waals surface area contributed by atoms with Gasteiger partial charge in [0.1, 0.15) is 0 Å². The summed E-state index contributed by atoms with van der Waals surface area (Å²) in [7, 11) is 0. The molecule has 146 valence electrons. The van der Waals surface area contributed by atoms with E-state index in [1.165, 1.54) is 34.2 Å². The van der Waals surface area contributed by atoms with Crippen molar-refractivity contribution in [2.75, 3.05) is 11.1 Å². The van der Waals surface area contributed by atoms with Crippen molar-refractivity contribution in [2.45, 2.75) is 38.6 Å². The molecule has 0 fully saturated rings. The molecule has 0 radical (unpaired) electrons. The number of carbonyl (C=O) groups is 1. The predicted molar refractivity (Wildman–Crippen MR) is 118 cm³/mol. The van der Waals surface area contributed by atoms with Crippen LogP contribution in [0.15, 0.2) is 41.3 Å². The quantitative estimate of drug-likeness (QED) is 0.302. The Balaban J connectivity index is 1.64. The minimum absolute atomic E-state index is 0.104. The lowest BCUT2D eigenvalue weighted by molar-refractivity contribution is 0.102. The highest BCUT2D eigenvalue weighted by Crippen LogP contribution is 2.30. The smallest absolute Gasteiger partial charge is 0.210 e. The second kappa shape index (κ2) is 8.75. The van der Waals surface area contributed by atoms with Crippen molar-refractivity contribution >= 4 is 39.7 Å². The Hall–Kier alpha value is -2.38. The van der Waals surface area contributed by atoms with Crippen LogP contribution in [0.2, 0.25) is 0 Å². The molecular formula is C21H24N4OS2. The molecule has 0 aliphatic carbocycles. The van der Waals surface area contributed by atoms with Gasteiger partial charge in [0.05, 0.1) is 5.75 Å². The molecule has 1 aromatic carbocycles. The number of aryl methyl sites for hydroxylation is 2. The molecule has 0 saturated heterocycles. The summed E-state index contributed by atoms with van der Waals surface area (Å²) in [6.45, 7) is 12.6. The molecule has 0 bridgehead atoms. The first-order valence-electron chi connectivity index (χ1n) is 9.01. The number of anilines is 2. The Morgan fingerprint density at radius 3 is 2.82 bits per heavy atom. The highest BCUT2D eigenvalue weighted by Gasteiger charge is 2.16. The maximum absolute atomic E-state index is 12.7. The number of hydrogen-bond acceptors (Lipinski definition) is 6. The number of benzene rings is 1. The maximum Gasteiger partial charge on any atom is 0.210 e. The summed E-state index contributed by atoms with van der Waals surface area (Å²) >= 11 is 2.88. The summed E-state index contributed by atoms with van der Waals surface area (Å²) in [6.07, 6.45) is 1.84. The van der Waals surface area contributed by atoms with Crippen LogP contribution in [0, 0.1) is 27.7 Å². The van der Waals surface area contributed by atoms with Gasteiger partial charge in [-0.3, -0.25) is 4.79 Å². The number of hydrogen-bond donors (Lipinski definition) is 1. The van der Waals surface area contributed by atoms with E-state index >= 15 is 0 Å². The molecule has 0 aliphatic rings. The van der Waals surface area contributed by atoms with Gasteiger partial charge in [-0.1, -0.05) is 41.3 Å². The zero-order valence-electron chi connectivity index (χ0n) is 16.6. The third-order valence-corrected chi connectivity index (χ3v) is 6.74. The molecular weight excluding hydrogens is 388 g/mol. The number of rotatable bonds is 8. The number of carbonyl (C=O) groups excluding carboxylic acids is 1. The molecule has 5 nitrogen and oxygen atoms in total. The molecule has 0 saturated carbocycles. The van der Waals surface area contributed by atoms with E-state index in [0.717, 1.165) is 32.1 Å². The fourth-order valence-electron chi connectivity index (χ4n) is 3.02. The molecule has 0 aliphatic heterocycles. The highest BCUT2D eigenvalue weighted by atomic mass is 32.2. The summed E-state index contributed by atoms with van der Waals surface area (Å²) in [5.41, 5.74) is 6.27. The average molecular weight is 413 g/mol. The largest absolute Gasteiger partial charge is 0.345 e. The topological polar surface area (TPSA) is 59.8 Å². The second-order valence-corrected chi connectivity index (χ2v) is 8.84. The Labute approximate surface area is 173 Å². The van der Waals surface area contributed by atoms with Crippen LogP contribution < -0.4 is 5.32 Å². The summed E-state index contributed by atoms with van der Waals surface area (Å²) < 4.78 is 2.88. The van der Waals surface area contributed by atoms with E-state index in [1.807, 2.05) is 38.1 Å². The first-order chi connectivity index (χ1) is 13.4. The summed E-state index contributed by atoms with van der Waals surface area (Å²) in [5.74, 6) is 0.448. The van der Waals surface area contributed by atoms with Crippen molar-refractivity contribution in [1.82, 2.24) is 14.8 Å². The molecule has 0 atom stereocenters. The lowest BCUT2D eigenvalue weighted by Crippen LogP contribution is -2.06. The summed E-state index contributed by atoms with van der Waals surface area (Å²) in [6, 6.07) is 8.08. The Morgan fingerprint density at radius 2 is 2.07 bits per heavy atom. The molecule has 0 unspecified atom stereocenters. The molecule has 2 heterocycles. The average Bonchev–Trinajstić information content (AvgIpc) is 3.23. The van der Waals surface area contributed by atoms with Crippen LogP contribution in [0.5, 0.6) is 0 Å². The van der Waals surface area contributed by atoms with E-state index in [4.69, 9.17) is 0 Å². The van der Waals surface area contributed by atoms with E-state index in [-0.39, 0.29) is 5.78 Å². The first-order valence-corrected chi connectivity index (χ1v) is 10.8. The number of nitrogens with one attached hydrogen (secondary N) is 1. The van der Waals surface area contributed by atoms with Gasteiger partial charge < -0.3 is 9.88 Å². The van der Waals surface area contributed by atoms with Gasteiger partial charge in [-0.05, 0) is 51.0 Å². The standard InChI is InChI=1S/C21H24N4OS2/c1-6-10-25-14(3)11-17(16(25)5)19(26)12-27-21-24-23-20(28-21)22-18-9-7-8-13(2)15(18)4/h6-9,11H,1,10,12H2,2-5H3,(H,22,23). The lowest BCUT2D eigenvalue weighted by Gasteiger charge is -2.08. The van der Waals surface area contributed by atoms with E-state index < -0.39 is 0 Å². The highest BCUT2D eigenvalue weighted by molar-refractivity contribution is 8.01. The molecule has 28 heavy (non-hydrogen) atoms. The Kier molecular flexibility index (Phi) is 6.36.